The van der Waals surface area contributed by atoms with Crippen molar-refractivity contribution in [2.75, 3.05) is 7.05 Å². The lowest BCUT2D eigenvalue weighted by Crippen LogP contribution is -2.30. The van der Waals surface area contributed by atoms with E-state index in [0.29, 0.717) is 4.47 Å². The summed E-state index contributed by atoms with van der Waals surface area (Å²) in [6.07, 6.45) is -4.48. The predicted octanol–water partition coefficient (Wildman–Crippen LogP) is 4.85. The van der Waals surface area contributed by atoms with Crippen molar-refractivity contribution in [3.63, 3.8) is 0 Å². The summed E-state index contributed by atoms with van der Waals surface area (Å²) in [7, 11) is -2.51. The third kappa shape index (κ3) is 3.81. The zero-order valence-corrected chi connectivity index (χ0v) is 15.3. The van der Waals surface area contributed by atoms with E-state index in [1.54, 1.807) is 25.1 Å². The van der Waals surface area contributed by atoms with Gasteiger partial charge in [0.2, 0.25) is 10.0 Å². The molecule has 3 nitrogen and oxygen atoms in total. The third-order valence-electron chi connectivity index (χ3n) is 3.74. The molecule has 1 unspecified atom stereocenters. The van der Waals surface area contributed by atoms with Crippen molar-refractivity contribution in [2.24, 2.45) is 0 Å². The highest BCUT2D eigenvalue weighted by atomic mass is 79.9. The van der Waals surface area contributed by atoms with E-state index in [9.17, 15) is 21.6 Å². The number of alkyl halides is 3. The first kappa shape index (κ1) is 19.0. The normalized spacial score (nSPS) is 14.0. The van der Waals surface area contributed by atoms with E-state index < -0.39 is 27.8 Å². The molecular weight excluding hydrogens is 407 g/mol. The minimum atomic E-state index is -4.48. The second-order valence-corrected chi connectivity index (χ2v) is 8.07. The van der Waals surface area contributed by atoms with E-state index in [0.717, 1.165) is 16.4 Å². The molecule has 8 heteroatoms. The summed E-state index contributed by atoms with van der Waals surface area (Å²) in [4.78, 5) is 0.0614. The van der Waals surface area contributed by atoms with Crippen molar-refractivity contribution < 1.29 is 21.6 Å². The Labute approximate surface area is 147 Å². The minimum absolute atomic E-state index is 0.0614. The van der Waals surface area contributed by atoms with Crippen LogP contribution in [0.2, 0.25) is 0 Å². The van der Waals surface area contributed by atoms with Crippen molar-refractivity contribution in [2.45, 2.75) is 24.0 Å². The quantitative estimate of drug-likeness (QED) is 0.707. The molecule has 0 spiro atoms. The molecule has 0 radical (unpaired) electrons. The SMILES string of the molecule is CC(c1cccc(C(F)(F)F)c1)N(C)S(=O)(=O)c1ccccc1Br. The molecule has 0 bridgehead atoms. The first-order valence-corrected chi connectivity index (χ1v) is 9.18. The van der Waals surface area contributed by atoms with Crippen molar-refractivity contribution >= 4 is 26.0 Å². The van der Waals surface area contributed by atoms with Crippen LogP contribution in [0.5, 0.6) is 0 Å². The van der Waals surface area contributed by atoms with E-state index in [1.165, 1.54) is 25.2 Å². The fraction of sp³-hybridized carbons (Fsp3) is 0.250. The fourth-order valence-electron chi connectivity index (χ4n) is 2.20. The van der Waals surface area contributed by atoms with Gasteiger partial charge in [-0.1, -0.05) is 24.3 Å². The Hall–Kier alpha value is -1.38. The summed E-state index contributed by atoms with van der Waals surface area (Å²) in [6.45, 7) is 1.55. The van der Waals surface area contributed by atoms with Gasteiger partial charge >= 0.3 is 6.18 Å². The molecule has 0 heterocycles. The number of sulfonamides is 1. The fourth-order valence-corrected chi connectivity index (χ4v) is 4.51. The molecule has 130 valence electrons. The molecule has 2 rings (SSSR count). The monoisotopic (exact) mass is 421 g/mol. The van der Waals surface area contributed by atoms with Crippen LogP contribution in [0.15, 0.2) is 57.9 Å². The third-order valence-corrected chi connectivity index (χ3v) is 6.68. The van der Waals surface area contributed by atoms with Crippen LogP contribution >= 0.6 is 15.9 Å². The average molecular weight is 422 g/mol. The minimum Gasteiger partial charge on any atom is -0.207 e. The zero-order valence-electron chi connectivity index (χ0n) is 12.9. The van der Waals surface area contributed by atoms with Gasteiger partial charge in [-0.15, -0.1) is 0 Å². The van der Waals surface area contributed by atoms with Gasteiger partial charge in [0.25, 0.3) is 0 Å². The predicted molar refractivity (Wildman–Crippen MR) is 88.9 cm³/mol. The van der Waals surface area contributed by atoms with E-state index >= 15 is 0 Å². The lowest BCUT2D eigenvalue weighted by atomic mass is 10.1. The smallest absolute Gasteiger partial charge is 0.207 e. The number of nitrogens with zero attached hydrogens (tertiary/aromatic N) is 1. The lowest BCUT2D eigenvalue weighted by molar-refractivity contribution is -0.137. The molecule has 0 aliphatic heterocycles. The number of benzene rings is 2. The maximum atomic E-state index is 12.8. The maximum absolute atomic E-state index is 12.8. The van der Waals surface area contributed by atoms with Crippen molar-refractivity contribution in [3.05, 3.63) is 64.1 Å². The Morgan fingerprint density at radius 3 is 2.29 bits per heavy atom. The van der Waals surface area contributed by atoms with Gasteiger partial charge in [0.1, 0.15) is 0 Å². The summed E-state index contributed by atoms with van der Waals surface area (Å²) in [5.74, 6) is 0. The van der Waals surface area contributed by atoms with Crippen LogP contribution in [0.25, 0.3) is 0 Å². The molecule has 0 N–H and O–H groups in total. The molecule has 0 amide bonds. The first-order chi connectivity index (χ1) is 11.0. The molecule has 0 fully saturated rings. The van der Waals surface area contributed by atoms with E-state index in [1.807, 2.05) is 0 Å². The Balaban J connectivity index is 2.40. The standard InChI is InChI=1S/C16H15BrF3NO2S/c1-11(12-6-5-7-13(10-12)16(18,19)20)21(2)24(22,23)15-9-4-3-8-14(15)17/h3-11H,1-2H3. The molecule has 1 atom stereocenters. The second-order valence-electron chi connectivity index (χ2n) is 5.25. The van der Waals surface area contributed by atoms with Crippen LogP contribution in [-0.4, -0.2) is 19.8 Å². The molecule has 2 aromatic carbocycles. The number of hydrogen-bond donors (Lipinski definition) is 0. The summed E-state index contributed by atoms with van der Waals surface area (Å²) in [5, 5.41) is 0. The maximum Gasteiger partial charge on any atom is 0.416 e. The van der Waals surface area contributed by atoms with E-state index in [-0.39, 0.29) is 10.5 Å². The Morgan fingerprint density at radius 1 is 1.08 bits per heavy atom. The molecule has 0 saturated heterocycles. The number of halogens is 4. The highest BCUT2D eigenvalue weighted by molar-refractivity contribution is 9.10. The van der Waals surface area contributed by atoms with Crippen LogP contribution < -0.4 is 0 Å². The molecule has 0 aliphatic rings. The Morgan fingerprint density at radius 2 is 1.71 bits per heavy atom. The van der Waals surface area contributed by atoms with Crippen LogP contribution in [0.4, 0.5) is 13.2 Å². The summed E-state index contributed by atoms with van der Waals surface area (Å²) in [6, 6.07) is 10.2. The van der Waals surface area contributed by atoms with Crippen molar-refractivity contribution in [3.8, 4) is 0 Å². The van der Waals surface area contributed by atoms with Gasteiger partial charge < -0.3 is 0 Å². The lowest BCUT2D eigenvalue weighted by Gasteiger charge is -2.25. The molecule has 0 aliphatic carbocycles. The molecular formula is C16H15BrF3NO2S. The zero-order chi connectivity index (χ0) is 18.1. The van der Waals surface area contributed by atoms with Gasteiger partial charge in [0.05, 0.1) is 10.5 Å². The Kier molecular flexibility index (Phi) is 5.41. The average Bonchev–Trinajstić information content (AvgIpc) is 2.53. The van der Waals surface area contributed by atoms with Crippen LogP contribution in [0.3, 0.4) is 0 Å². The highest BCUT2D eigenvalue weighted by Crippen LogP contribution is 2.33. The summed E-state index contributed by atoms with van der Waals surface area (Å²) < 4.78 is 65.4. The van der Waals surface area contributed by atoms with Crippen molar-refractivity contribution in [1.82, 2.24) is 4.31 Å². The van der Waals surface area contributed by atoms with Crippen molar-refractivity contribution in [1.29, 1.82) is 0 Å². The van der Waals surface area contributed by atoms with E-state index in [4.69, 9.17) is 0 Å². The highest BCUT2D eigenvalue weighted by Gasteiger charge is 2.32. The van der Waals surface area contributed by atoms with Gasteiger partial charge in [0, 0.05) is 17.6 Å². The van der Waals surface area contributed by atoms with Gasteiger partial charge in [-0.25, -0.2) is 8.42 Å². The Bertz CT molecular complexity index is 837. The van der Waals surface area contributed by atoms with Crippen LogP contribution in [0.1, 0.15) is 24.1 Å². The number of rotatable bonds is 4. The molecule has 2 aromatic rings. The summed E-state index contributed by atoms with van der Waals surface area (Å²) >= 11 is 3.19. The van der Waals surface area contributed by atoms with Gasteiger partial charge in [0.15, 0.2) is 0 Å². The largest absolute Gasteiger partial charge is 0.416 e. The van der Waals surface area contributed by atoms with Crippen LogP contribution in [0, 0.1) is 0 Å². The van der Waals surface area contributed by atoms with Crippen LogP contribution in [-0.2, 0) is 16.2 Å². The first-order valence-electron chi connectivity index (χ1n) is 6.95. The number of hydrogen-bond acceptors (Lipinski definition) is 2. The molecule has 24 heavy (non-hydrogen) atoms. The van der Waals surface area contributed by atoms with Gasteiger partial charge in [-0.2, -0.15) is 17.5 Å². The molecule has 0 saturated carbocycles. The second kappa shape index (κ2) is 6.85. The topological polar surface area (TPSA) is 37.4 Å². The van der Waals surface area contributed by atoms with Gasteiger partial charge in [-0.3, -0.25) is 0 Å². The summed E-state index contributed by atoms with van der Waals surface area (Å²) in [5.41, 5.74) is -0.540. The van der Waals surface area contributed by atoms with Gasteiger partial charge in [-0.05, 0) is 52.7 Å². The molecule has 0 aromatic heterocycles. The van der Waals surface area contributed by atoms with E-state index in [2.05, 4.69) is 15.9 Å².